The number of hydrogen-bond acceptors (Lipinski definition) is 4. The fraction of sp³-hybridized carbons (Fsp3) is 0.500. The Morgan fingerprint density at radius 2 is 1.83 bits per heavy atom. The van der Waals surface area contributed by atoms with Gasteiger partial charge in [0.1, 0.15) is 5.54 Å². The molecule has 0 aliphatic carbocycles. The van der Waals surface area contributed by atoms with Crippen LogP contribution >= 0.6 is 27.9 Å². The van der Waals surface area contributed by atoms with E-state index in [0.717, 1.165) is 3.93 Å². The first-order chi connectivity index (χ1) is 8.17. The zero-order valence-electron chi connectivity index (χ0n) is 9.49. The highest BCUT2D eigenvalue weighted by Crippen LogP contribution is 2.31. The van der Waals surface area contributed by atoms with E-state index in [9.17, 15) is 19.2 Å². The molecule has 6 amide bonds. The summed E-state index contributed by atoms with van der Waals surface area (Å²) >= 11 is 8.30. The van der Waals surface area contributed by atoms with E-state index in [4.69, 9.17) is 11.8 Å². The highest BCUT2D eigenvalue weighted by Gasteiger charge is 2.50. The summed E-state index contributed by atoms with van der Waals surface area (Å²) in [5.41, 5.74) is -0.890. The highest BCUT2D eigenvalue weighted by molar-refractivity contribution is 9.07. The van der Waals surface area contributed by atoms with Crippen molar-refractivity contribution < 1.29 is 19.2 Å². The van der Waals surface area contributed by atoms with Crippen LogP contribution in [0.4, 0.5) is 9.59 Å². The van der Waals surface area contributed by atoms with Crippen molar-refractivity contribution in [2.75, 3.05) is 6.54 Å². The number of imide groups is 2. The quantitative estimate of drug-likeness (QED) is 0.489. The number of nitrogens with zero attached hydrogens (tertiary/aromatic N) is 2. The minimum absolute atomic E-state index is 0.124. The van der Waals surface area contributed by atoms with E-state index in [1.165, 1.54) is 0 Å². The van der Waals surface area contributed by atoms with Gasteiger partial charge < -0.3 is 5.32 Å². The molecule has 0 bridgehead atoms. The maximum Gasteiger partial charge on any atom is 0.352 e. The van der Waals surface area contributed by atoms with Gasteiger partial charge in [-0.25, -0.2) is 13.5 Å². The Bertz CT molecular complexity index is 413. The molecule has 2 fully saturated rings. The Balaban J connectivity index is 0.000000199. The molecule has 0 saturated carbocycles. The molecule has 0 atom stereocenters. The minimum Gasteiger partial charge on any atom is -0.329 e. The van der Waals surface area contributed by atoms with E-state index in [1.807, 2.05) is 5.32 Å². The molecule has 2 aliphatic rings. The van der Waals surface area contributed by atoms with Gasteiger partial charge in [-0.2, -0.15) is 4.42 Å². The second-order valence-electron chi connectivity index (χ2n) is 3.94. The van der Waals surface area contributed by atoms with Crippen LogP contribution in [-0.2, 0) is 9.59 Å². The number of hydrogen-bond donors (Lipinski definition) is 2. The van der Waals surface area contributed by atoms with Crippen LogP contribution in [0.25, 0.3) is 0 Å². The van der Waals surface area contributed by atoms with Crippen LogP contribution in [-0.4, -0.2) is 44.3 Å². The summed E-state index contributed by atoms with van der Waals surface area (Å²) in [6, 6.07) is -0.952. The summed E-state index contributed by atoms with van der Waals surface area (Å²) in [4.78, 5) is 42.2. The SMILES string of the molecule is CC1(C)C(=O)N(Cl)C(=O)N1Br.O=C1CNC(=O)N1. The van der Waals surface area contributed by atoms with Gasteiger partial charge in [-0.1, -0.05) is 0 Å². The number of nitrogens with one attached hydrogen (secondary N) is 2. The van der Waals surface area contributed by atoms with Gasteiger partial charge in [0.25, 0.3) is 5.91 Å². The number of carbonyl (C=O) groups excluding carboxylic acids is 4. The highest BCUT2D eigenvalue weighted by atomic mass is 79.9. The van der Waals surface area contributed by atoms with Gasteiger partial charge in [-0.3, -0.25) is 14.9 Å². The van der Waals surface area contributed by atoms with Crippen molar-refractivity contribution >= 4 is 51.8 Å². The van der Waals surface area contributed by atoms with E-state index < -0.39 is 23.5 Å². The van der Waals surface area contributed by atoms with Crippen LogP contribution in [0.15, 0.2) is 0 Å². The summed E-state index contributed by atoms with van der Waals surface area (Å²) in [5, 5.41) is 4.30. The molecule has 100 valence electrons. The molecular formula is C8H10BrClN4O4. The largest absolute Gasteiger partial charge is 0.352 e. The van der Waals surface area contributed by atoms with E-state index in [-0.39, 0.29) is 12.5 Å². The summed E-state index contributed by atoms with van der Waals surface area (Å²) in [6.07, 6.45) is 0. The van der Waals surface area contributed by atoms with Crippen molar-refractivity contribution in [3.63, 3.8) is 0 Å². The summed E-state index contributed by atoms with van der Waals surface area (Å²) in [5.74, 6) is -0.689. The van der Waals surface area contributed by atoms with Crippen molar-refractivity contribution in [1.29, 1.82) is 0 Å². The first-order valence-corrected chi connectivity index (χ1v) is 5.80. The molecule has 0 spiro atoms. The molecule has 0 aromatic carbocycles. The fourth-order valence-corrected chi connectivity index (χ4v) is 1.79. The van der Waals surface area contributed by atoms with Gasteiger partial charge in [0, 0.05) is 11.8 Å². The molecule has 2 aliphatic heterocycles. The second kappa shape index (κ2) is 5.11. The predicted molar refractivity (Wildman–Crippen MR) is 64.5 cm³/mol. The standard InChI is InChI=1S/C5H6BrClN2O2.C3H4N2O2/c1-5(2)3(10)8(7)4(11)9(5)6;6-2-1-4-3(7)5-2/h1-2H3;1H2,(H2,4,5,6,7). The maximum atomic E-state index is 11.1. The minimum atomic E-state index is -0.890. The average Bonchev–Trinajstić information content (AvgIpc) is 2.73. The van der Waals surface area contributed by atoms with Crippen LogP contribution in [0.1, 0.15) is 13.8 Å². The number of amides is 6. The second-order valence-corrected chi connectivity index (χ2v) is 4.99. The molecule has 0 aromatic heterocycles. The predicted octanol–water partition coefficient (Wildman–Crippen LogP) is 0.319. The molecular weight excluding hydrogens is 331 g/mol. The van der Waals surface area contributed by atoms with Crippen LogP contribution in [0.2, 0.25) is 0 Å². The third-order valence-corrected chi connectivity index (χ3v) is 3.68. The molecule has 0 radical (unpaired) electrons. The lowest BCUT2D eigenvalue weighted by Gasteiger charge is -2.19. The van der Waals surface area contributed by atoms with Gasteiger partial charge in [-0.05, 0) is 13.8 Å². The molecule has 18 heavy (non-hydrogen) atoms. The van der Waals surface area contributed by atoms with Crippen LogP contribution < -0.4 is 10.6 Å². The summed E-state index contributed by atoms with van der Waals surface area (Å²) in [7, 11) is 0. The summed E-state index contributed by atoms with van der Waals surface area (Å²) < 4.78 is 1.68. The van der Waals surface area contributed by atoms with Gasteiger partial charge in [0.2, 0.25) is 5.91 Å². The Labute approximate surface area is 116 Å². The van der Waals surface area contributed by atoms with Crippen molar-refractivity contribution in [2.24, 2.45) is 0 Å². The Morgan fingerprint density at radius 3 is 1.94 bits per heavy atom. The van der Waals surface area contributed by atoms with Crippen LogP contribution in [0, 0.1) is 0 Å². The third kappa shape index (κ3) is 2.72. The molecule has 10 heteroatoms. The van der Waals surface area contributed by atoms with Gasteiger partial charge in [-0.15, -0.1) is 0 Å². The summed E-state index contributed by atoms with van der Waals surface area (Å²) in [6.45, 7) is 3.33. The van der Waals surface area contributed by atoms with Gasteiger partial charge >= 0.3 is 12.1 Å². The smallest absolute Gasteiger partial charge is 0.329 e. The van der Waals surface area contributed by atoms with Crippen molar-refractivity contribution in [3.8, 4) is 0 Å². The molecule has 0 unspecified atom stereocenters. The fourth-order valence-electron chi connectivity index (χ4n) is 1.10. The molecule has 0 aromatic rings. The average molecular weight is 342 g/mol. The van der Waals surface area contributed by atoms with E-state index in [0.29, 0.717) is 4.42 Å². The molecule has 2 saturated heterocycles. The maximum absolute atomic E-state index is 11.1. The van der Waals surface area contributed by atoms with Gasteiger partial charge in [0.15, 0.2) is 0 Å². The molecule has 2 heterocycles. The number of rotatable bonds is 0. The van der Waals surface area contributed by atoms with Crippen molar-refractivity contribution in [1.82, 2.24) is 19.0 Å². The molecule has 8 nitrogen and oxygen atoms in total. The van der Waals surface area contributed by atoms with E-state index >= 15 is 0 Å². The lowest BCUT2D eigenvalue weighted by molar-refractivity contribution is -0.127. The van der Waals surface area contributed by atoms with Gasteiger partial charge in [0.05, 0.1) is 22.7 Å². The lowest BCUT2D eigenvalue weighted by Crippen LogP contribution is -2.37. The molecule has 2 N–H and O–H groups in total. The number of urea groups is 2. The normalized spacial score (nSPS) is 21.6. The Hall–Kier alpha value is -1.35. The zero-order chi connectivity index (χ0) is 14.1. The monoisotopic (exact) mass is 340 g/mol. The number of halogens is 2. The molecule has 2 rings (SSSR count). The third-order valence-electron chi connectivity index (χ3n) is 2.19. The topological polar surface area (TPSA) is 98.8 Å². The lowest BCUT2D eigenvalue weighted by atomic mass is 10.1. The Morgan fingerprint density at radius 1 is 1.28 bits per heavy atom. The van der Waals surface area contributed by atoms with Crippen molar-refractivity contribution in [2.45, 2.75) is 19.4 Å². The van der Waals surface area contributed by atoms with Crippen LogP contribution in [0.5, 0.6) is 0 Å². The number of carbonyl (C=O) groups is 4. The van der Waals surface area contributed by atoms with Crippen LogP contribution in [0.3, 0.4) is 0 Å². The first kappa shape index (κ1) is 14.7. The Kier molecular flexibility index (Phi) is 4.17. The zero-order valence-corrected chi connectivity index (χ0v) is 11.8. The van der Waals surface area contributed by atoms with E-state index in [2.05, 4.69) is 21.5 Å². The first-order valence-electron chi connectivity index (χ1n) is 4.76. The van der Waals surface area contributed by atoms with E-state index in [1.54, 1.807) is 13.8 Å². The van der Waals surface area contributed by atoms with Crippen molar-refractivity contribution in [3.05, 3.63) is 0 Å².